The summed E-state index contributed by atoms with van der Waals surface area (Å²) in [5.41, 5.74) is 0.628. The highest BCUT2D eigenvalue weighted by molar-refractivity contribution is 7.15. The maximum Gasteiger partial charge on any atom is 0.294 e. The van der Waals surface area contributed by atoms with Gasteiger partial charge in [0.15, 0.2) is 10.9 Å². The fourth-order valence-corrected chi connectivity index (χ4v) is 2.66. The van der Waals surface area contributed by atoms with E-state index in [0.717, 1.165) is 4.88 Å². The lowest BCUT2D eigenvalue weighted by atomic mass is 10.1. The minimum atomic E-state index is -0.860. The third kappa shape index (κ3) is 3.95. The minimum absolute atomic E-state index is 0.0198. The maximum absolute atomic E-state index is 12.0. The Hall–Kier alpha value is -2.62. The SMILES string of the molecule is Cc1nc(NC(=O)C2=CN=CCC2=O)sc1CCO[N+](=O)[O-]. The van der Waals surface area contributed by atoms with Gasteiger partial charge in [0, 0.05) is 30.1 Å². The molecule has 0 saturated heterocycles. The third-order valence-corrected chi connectivity index (χ3v) is 3.90. The van der Waals surface area contributed by atoms with E-state index < -0.39 is 11.0 Å². The highest BCUT2D eigenvalue weighted by Crippen LogP contribution is 2.23. The van der Waals surface area contributed by atoms with Gasteiger partial charge in [0.25, 0.3) is 11.0 Å². The van der Waals surface area contributed by atoms with Gasteiger partial charge in [-0.3, -0.25) is 19.9 Å². The highest BCUT2D eigenvalue weighted by atomic mass is 32.1. The van der Waals surface area contributed by atoms with Gasteiger partial charge in [0.1, 0.15) is 12.2 Å². The summed E-state index contributed by atoms with van der Waals surface area (Å²) in [6.45, 7) is 1.64. The van der Waals surface area contributed by atoms with Crippen LogP contribution in [0.3, 0.4) is 0 Å². The number of carbonyl (C=O) groups is 2. The van der Waals surface area contributed by atoms with E-state index in [1.54, 1.807) is 6.92 Å². The van der Waals surface area contributed by atoms with Gasteiger partial charge < -0.3 is 4.84 Å². The second-order valence-corrected chi connectivity index (χ2v) is 5.37. The predicted octanol–water partition coefficient (Wildman–Crippen LogP) is 1.07. The number of ketones is 1. The molecule has 116 valence electrons. The number of rotatable bonds is 6. The van der Waals surface area contributed by atoms with Crippen molar-refractivity contribution in [3.8, 4) is 0 Å². The van der Waals surface area contributed by atoms with Crippen LogP contribution in [0.2, 0.25) is 0 Å². The van der Waals surface area contributed by atoms with E-state index in [9.17, 15) is 19.7 Å². The summed E-state index contributed by atoms with van der Waals surface area (Å²) in [5, 5.41) is 12.1. The van der Waals surface area contributed by atoms with Gasteiger partial charge >= 0.3 is 0 Å². The molecule has 2 heterocycles. The van der Waals surface area contributed by atoms with Crippen molar-refractivity contribution in [2.45, 2.75) is 19.8 Å². The zero-order chi connectivity index (χ0) is 16.1. The summed E-state index contributed by atoms with van der Waals surface area (Å²) in [7, 11) is 0. The second kappa shape index (κ2) is 6.89. The van der Waals surface area contributed by atoms with Crippen LogP contribution in [0.5, 0.6) is 0 Å². The van der Waals surface area contributed by atoms with Crippen molar-refractivity contribution >= 4 is 34.4 Å². The van der Waals surface area contributed by atoms with Crippen LogP contribution in [0.1, 0.15) is 17.0 Å². The van der Waals surface area contributed by atoms with E-state index in [2.05, 4.69) is 20.1 Å². The number of hydrogen-bond acceptors (Lipinski definition) is 8. The van der Waals surface area contributed by atoms with Crippen LogP contribution >= 0.6 is 11.3 Å². The highest BCUT2D eigenvalue weighted by Gasteiger charge is 2.21. The number of nitrogens with zero attached hydrogens (tertiary/aromatic N) is 3. The minimum Gasteiger partial charge on any atom is -0.314 e. The van der Waals surface area contributed by atoms with Gasteiger partial charge in [-0.2, -0.15) is 0 Å². The summed E-state index contributed by atoms with van der Waals surface area (Å²) < 4.78 is 0. The Kier molecular flexibility index (Phi) is 4.94. The molecule has 1 aliphatic heterocycles. The third-order valence-electron chi connectivity index (χ3n) is 2.77. The maximum atomic E-state index is 12.0. The molecule has 1 aromatic rings. The molecule has 9 nitrogen and oxygen atoms in total. The number of aryl methyl sites for hydroxylation is 1. The van der Waals surface area contributed by atoms with E-state index in [-0.39, 0.29) is 24.4 Å². The average molecular weight is 324 g/mol. The molecule has 0 atom stereocenters. The number of amides is 1. The smallest absolute Gasteiger partial charge is 0.294 e. The molecule has 1 aliphatic rings. The molecular weight excluding hydrogens is 312 g/mol. The van der Waals surface area contributed by atoms with E-state index in [0.29, 0.717) is 17.2 Å². The molecule has 0 fully saturated rings. The largest absolute Gasteiger partial charge is 0.314 e. The van der Waals surface area contributed by atoms with Crippen LogP contribution in [0, 0.1) is 17.0 Å². The molecule has 0 unspecified atom stereocenters. The predicted molar refractivity (Wildman–Crippen MR) is 78.3 cm³/mol. The fourth-order valence-electron chi connectivity index (χ4n) is 1.72. The molecule has 0 radical (unpaired) electrons. The zero-order valence-electron chi connectivity index (χ0n) is 11.6. The van der Waals surface area contributed by atoms with Gasteiger partial charge in [-0.25, -0.2) is 4.98 Å². The molecule has 0 aliphatic carbocycles. The number of aromatic nitrogens is 1. The molecule has 0 bridgehead atoms. The van der Waals surface area contributed by atoms with E-state index in [4.69, 9.17) is 0 Å². The molecule has 1 N–H and O–H groups in total. The Morgan fingerprint density at radius 3 is 3.05 bits per heavy atom. The van der Waals surface area contributed by atoms with Crippen molar-refractivity contribution in [1.82, 2.24) is 4.98 Å². The normalized spacial score (nSPS) is 13.7. The van der Waals surface area contributed by atoms with Crippen LogP contribution in [0.25, 0.3) is 0 Å². The number of aliphatic imine (C=N–C) groups is 1. The van der Waals surface area contributed by atoms with Crippen LogP contribution < -0.4 is 5.32 Å². The van der Waals surface area contributed by atoms with E-state index >= 15 is 0 Å². The van der Waals surface area contributed by atoms with Gasteiger partial charge in [-0.1, -0.05) is 0 Å². The average Bonchev–Trinajstić information content (AvgIpc) is 2.79. The lowest BCUT2D eigenvalue weighted by Gasteiger charge is -2.06. The Morgan fingerprint density at radius 1 is 1.59 bits per heavy atom. The zero-order valence-corrected chi connectivity index (χ0v) is 12.4. The Morgan fingerprint density at radius 2 is 2.36 bits per heavy atom. The fraction of sp³-hybridized carbons (Fsp3) is 0.333. The molecule has 10 heteroatoms. The summed E-state index contributed by atoms with van der Waals surface area (Å²) in [5.74, 6) is -0.871. The first-order chi connectivity index (χ1) is 10.5. The molecule has 22 heavy (non-hydrogen) atoms. The molecular formula is C12H12N4O5S. The van der Waals surface area contributed by atoms with Crippen LogP contribution in [-0.4, -0.2) is 34.6 Å². The van der Waals surface area contributed by atoms with E-state index in [1.165, 1.54) is 23.8 Å². The van der Waals surface area contributed by atoms with Gasteiger partial charge in [0.2, 0.25) is 0 Å². The van der Waals surface area contributed by atoms with Gasteiger partial charge in [-0.05, 0) is 6.92 Å². The Labute approximate surface area is 128 Å². The number of nitrogens with one attached hydrogen (secondary N) is 1. The van der Waals surface area contributed by atoms with Crippen molar-refractivity contribution in [1.29, 1.82) is 0 Å². The first kappa shape index (κ1) is 15.8. The Balaban J connectivity index is 2.00. The lowest BCUT2D eigenvalue weighted by molar-refractivity contribution is -0.757. The molecule has 2 rings (SSSR count). The van der Waals surface area contributed by atoms with Crippen molar-refractivity contribution in [2.75, 3.05) is 11.9 Å². The quantitative estimate of drug-likeness (QED) is 0.474. The first-order valence-electron chi connectivity index (χ1n) is 6.27. The molecule has 0 saturated carbocycles. The van der Waals surface area contributed by atoms with E-state index in [1.807, 2.05) is 0 Å². The molecule has 1 amide bonds. The standard InChI is InChI=1S/C12H12N4O5S/c1-7-10(3-5-21-16(19)20)22-12(14-7)15-11(18)8-6-13-4-2-9(8)17/h4,6H,2-3,5H2,1H3,(H,14,15,18). The van der Waals surface area contributed by atoms with Crippen LogP contribution in [0.15, 0.2) is 16.8 Å². The first-order valence-corrected chi connectivity index (χ1v) is 7.09. The molecule has 0 spiro atoms. The Bertz CT molecular complexity index is 679. The molecule has 1 aromatic heterocycles. The van der Waals surface area contributed by atoms with Gasteiger partial charge in [-0.15, -0.1) is 21.5 Å². The number of carbonyl (C=O) groups excluding carboxylic acids is 2. The van der Waals surface area contributed by atoms with Crippen molar-refractivity contribution in [3.63, 3.8) is 0 Å². The number of anilines is 1. The van der Waals surface area contributed by atoms with Crippen molar-refractivity contribution in [2.24, 2.45) is 4.99 Å². The molecule has 0 aromatic carbocycles. The monoisotopic (exact) mass is 324 g/mol. The summed E-state index contributed by atoms with van der Waals surface area (Å²) in [6.07, 6.45) is 3.06. The summed E-state index contributed by atoms with van der Waals surface area (Å²) in [4.78, 5) is 46.6. The topological polar surface area (TPSA) is 124 Å². The van der Waals surface area contributed by atoms with Crippen molar-refractivity contribution in [3.05, 3.63) is 32.5 Å². The number of hydrogen-bond donors (Lipinski definition) is 1. The van der Waals surface area contributed by atoms with Crippen LogP contribution in [0.4, 0.5) is 5.13 Å². The number of Topliss-reactive ketones (excluding diaryl/α,β-unsaturated/α-hetero) is 1. The van der Waals surface area contributed by atoms with Crippen molar-refractivity contribution < 1.29 is 19.5 Å². The second-order valence-electron chi connectivity index (χ2n) is 4.29. The van der Waals surface area contributed by atoms with Crippen LogP contribution in [-0.2, 0) is 20.8 Å². The number of thiazole rings is 1. The lowest BCUT2D eigenvalue weighted by Crippen LogP contribution is -2.22. The summed E-state index contributed by atoms with van der Waals surface area (Å²) >= 11 is 1.18. The summed E-state index contributed by atoms with van der Waals surface area (Å²) in [6, 6.07) is 0. The van der Waals surface area contributed by atoms with Gasteiger partial charge in [0.05, 0.1) is 5.69 Å².